The Kier molecular flexibility index (Phi) is 7.51. The summed E-state index contributed by atoms with van der Waals surface area (Å²) in [6.45, 7) is 2.91. The van der Waals surface area contributed by atoms with E-state index >= 15 is 0 Å². The van der Waals surface area contributed by atoms with Crippen molar-refractivity contribution < 1.29 is 14.0 Å². The summed E-state index contributed by atoms with van der Waals surface area (Å²) in [5.74, 6) is 0.832. The lowest BCUT2D eigenvalue weighted by Crippen LogP contribution is -2.44. The van der Waals surface area contributed by atoms with Gasteiger partial charge >= 0.3 is 0 Å². The maximum Gasteiger partial charge on any atom is 0.234 e. The van der Waals surface area contributed by atoms with Gasteiger partial charge in [0.2, 0.25) is 11.8 Å². The first-order chi connectivity index (χ1) is 13.6. The summed E-state index contributed by atoms with van der Waals surface area (Å²) in [6, 6.07) is 11.3. The summed E-state index contributed by atoms with van der Waals surface area (Å²) in [4.78, 5) is 26.5. The van der Waals surface area contributed by atoms with Crippen molar-refractivity contribution in [2.45, 2.75) is 25.8 Å². The van der Waals surface area contributed by atoms with Gasteiger partial charge in [-0.15, -0.1) is 0 Å². The smallest absolute Gasteiger partial charge is 0.234 e. The van der Waals surface area contributed by atoms with Gasteiger partial charge in [-0.3, -0.25) is 14.5 Å². The second kappa shape index (κ2) is 10.3. The second-order valence-electron chi connectivity index (χ2n) is 7.07. The van der Waals surface area contributed by atoms with Gasteiger partial charge in [0.15, 0.2) is 0 Å². The summed E-state index contributed by atoms with van der Waals surface area (Å²) < 4.78 is 5.22. The highest BCUT2D eigenvalue weighted by Crippen LogP contribution is 2.17. The van der Waals surface area contributed by atoms with E-state index < -0.39 is 0 Å². The lowest BCUT2D eigenvalue weighted by Gasteiger charge is -2.30. The number of carbonyl (C=O) groups excluding carboxylic acids is 2. The Morgan fingerprint density at radius 2 is 1.86 bits per heavy atom. The highest BCUT2D eigenvalue weighted by atomic mass is 35.5. The Bertz CT molecular complexity index is 754. The van der Waals surface area contributed by atoms with Gasteiger partial charge < -0.3 is 15.1 Å². The molecule has 2 amide bonds. The van der Waals surface area contributed by atoms with E-state index in [1.807, 2.05) is 30.3 Å². The van der Waals surface area contributed by atoms with Crippen LogP contribution in [0.5, 0.6) is 0 Å². The SMILES string of the molecule is O=C(CN1CCC(C(=O)NCc2ccco2)CC1)NCCc1ccc(Cl)cc1. The van der Waals surface area contributed by atoms with Gasteiger partial charge in [0.05, 0.1) is 19.4 Å². The van der Waals surface area contributed by atoms with Crippen molar-refractivity contribution in [3.05, 3.63) is 59.0 Å². The van der Waals surface area contributed by atoms with Crippen LogP contribution in [0.25, 0.3) is 0 Å². The van der Waals surface area contributed by atoms with E-state index in [0.29, 0.717) is 24.7 Å². The molecule has 0 spiro atoms. The molecule has 0 unspecified atom stereocenters. The maximum atomic E-state index is 12.3. The van der Waals surface area contributed by atoms with E-state index in [9.17, 15) is 9.59 Å². The van der Waals surface area contributed by atoms with E-state index in [0.717, 1.165) is 43.7 Å². The Labute approximate surface area is 170 Å². The number of hydrogen-bond donors (Lipinski definition) is 2. The minimum Gasteiger partial charge on any atom is -0.467 e. The number of amides is 2. The molecule has 1 saturated heterocycles. The summed E-state index contributed by atoms with van der Waals surface area (Å²) in [5.41, 5.74) is 1.14. The molecule has 0 atom stereocenters. The van der Waals surface area contributed by atoms with Crippen LogP contribution in [0.2, 0.25) is 5.02 Å². The first-order valence-electron chi connectivity index (χ1n) is 9.64. The van der Waals surface area contributed by atoms with E-state index in [2.05, 4.69) is 15.5 Å². The second-order valence-corrected chi connectivity index (χ2v) is 7.51. The minimum atomic E-state index is -0.000761. The molecule has 2 aromatic rings. The van der Waals surface area contributed by atoms with Crippen LogP contribution in [0.4, 0.5) is 0 Å². The molecule has 1 aromatic carbocycles. The topological polar surface area (TPSA) is 74.6 Å². The average molecular weight is 404 g/mol. The van der Waals surface area contributed by atoms with Gasteiger partial charge in [-0.1, -0.05) is 23.7 Å². The van der Waals surface area contributed by atoms with Crippen molar-refractivity contribution in [1.82, 2.24) is 15.5 Å². The van der Waals surface area contributed by atoms with Gasteiger partial charge in [0, 0.05) is 17.5 Å². The molecule has 28 heavy (non-hydrogen) atoms. The highest BCUT2D eigenvalue weighted by Gasteiger charge is 2.25. The molecule has 1 aliphatic heterocycles. The third-order valence-electron chi connectivity index (χ3n) is 4.99. The fourth-order valence-corrected chi connectivity index (χ4v) is 3.47. The molecule has 7 heteroatoms. The van der Waals surface area contributed by atoms with Crippen molar-refractivity contribution in [2.75, 3.05) is 26.2 Å². The van der Waals surface area contributed by atoms with Gasteiger partial charge in [-0.25, -0.2) is 0 Å². The zero-order valence-corrected chi connectivity index (χ0v) is 16.6. The van der Waals surface area contributed by atoms with Gasteiger partial charge in [0.25, 0.3) is 0 Å². The van der Waals surface area contributed by atoms with Crippen LogP contribution in [0.3, 0.4) is 0 Å². The molecule has 2 heterocycles. The van der Waals surface area contributed by atoms with Gasteiger partial charge in [0.1, 0.15) is 5.76 Å². The van der Waals surface area contributed by atoms with Crippen molar-refractivity contribution in [2.24, 2.45) is 5.92 Å². The van der Waals surface area contributed by atoms with Crippen molar-refractivity contribution in [3.63, 3.8) is 0 Å². The van der Waals surface area contributed by atoms with Crippen LogP contribution in [-0.4, -0.2) is 42.9 Å². The normalized spacial score (nSPS) is 15.3. The first-order valence-corrected chi connectivity index (χ1v) is 10.0. The first kappa shape index (κ1) is 20.4. The third-order valence-corrected chi connectivity index (χ3v) is 5.24. The molecule has 0 aliphatic carbocycles. The summed E-state index contributed by atoms with van der Waals surface area (Å²) in [6.07, 6.45) is 3.91. The molecule has 150 valence electrons. The lowest BCUT2D eigenvalue weighted by molar-refractivity contribution is -0.127. The Hall–Kier alpha value is -2.31. The number of benzene rings is 1. The van der Waals surface area contributed by atoms with Crippen molar-refractivity contribution >= 4 is 23.4 Å². The number of piperidine rings is 1. The van der Waals surface area contributed by atoms with Crippen LogP contribution in [0.1, 0.15) is 24.2 Å². The van der Waals surface area contributed by atoms with E-state index in [1.165, 1.54) is 0 Å². The van der Waals surface area contributed by atoms with Crippen molar-refractivity contribution in [3.8, 4) is 0 Å². The maximum absolute atomic E-state index is 12.3. The zero-order chi connectivity index (χ0) is 19.8. The van der Waals surface area contributed by atoms with Gasteiger partial charge in [-0.2, -0.15) is 0 Å². The number of likely N-dealkylation sites (tertiary alicyclic amines) is 1. The Balaban J connectivity index is 1.30. The summed E-state index contributed by atoms with van der Waals surface area (Å²) >= 11 is 5.87. The van der Waals surface area contributed by atoms with Crippen molar-refractivity contribution in [1.29, 1.82) is 0 Å². The fourth-order valence-electron chi connectivity index (χ4n) is 3.34. The van der Waals surface area contributed by atoms with Gasteiger partial charge in [-0.05, 0) is 62.2 Å². The Morgan fingerprint density at radius 1 is 1.11 bits per heavy atom. The molecule has 1 aromatic heterocycles. The molecular formula is C21H26ClN3O3. The lowest BCUT2D eigenvalue weighted by atomic mass is 9.96. The monoisotopic (exact) mass is 403 g/mol. The molecular weight excluding hydrogens is 378 g/mol. The molecule has 6 nitrogen and oxygen atoms in total. The zero-order valence-electron chi connectivity index (χ0n) is 15.8. The highest BCUT2D eigenvalue weighted by molar-refractivity contribution is 6.30. The van der Waals surface area contributed by atoms with Crippen LogP contribution < -0.4 is 10.6 Å². The number of rotatable bonds is 8. The number of furan rings is 1. The Morgan fingerprint density at radius 3 is 2.54 bits per heavy atom. The summed E-state index contributed by atoms with van der Waals surface area (Å²) in [5, 5.41) is 6.59. The average Bonchev–Trinajstić information content (AvgIpc) is 3.22. The predicted octanol–water partition coefficient (Wildman–Crippen LogP) is 2.62. The van der Waals surface area contributed by atoms with Crippen LogP contribution >= 0.6 is 11.6 Å². The number of halogens is 1. The van der Waals surface area contributed by atoms with Crippen LogP contribution in [-0.2, 0) is 22.6 Å². The van der Waals surface area contributed by atoms with E-state index in [-0.39, 0.29) is 17.7 Å². The largest absolute Gasteiger partial charge is 0.467 e. The van der Waals surface area contributed by atoms with Crippen LogP contribution in [0, 0.1) is 5.92 Å². The number of nitrogens with one attached hydrogen (secondary N) is 2. The minimum absolute atomic E-state index is 0.000761. The van der Waals surface area contributed by atoms with E-state index in [1.54, 1.807) is 12.3 Å². The molecule has 0 bridgehead atoms. The standard InChI is InChI=1S/C21H26ClN3O3/c22-18-5-3-16(4-6-18)7-10-23-20(26)15-25-11-8-17(9-12-25)21(27)24-14-19-2-1-13-28-19/h1-6,13,17H,7-12,14-15H2,(H,23,26)(H,24,27). The quantitative estimate of drug-likeness (QED) is 0.710. The molecule has 3 rings (SSSR count). The molecule has 1 fully saturated rings. The van der Waals surface area contributed by atoms with E-state index in [4.69, 9.17) is 16.0 Å². The number of carbonyl (C=O) groups is 2. The fraction of sp³-hybridized carbons (Fsp3) is 0.429. The number of nitrogens with zero attached hydrogens (tertiary/aromatic N) is 1. The summed E-state index contributed by atoms with van der Waals surface area (Å²) in [7, 11) is 0. The van der Waals surface area contributed by atoms with Crippen LogP contribution in [0.15, 0.2) is 47.1 Å². The molecule has 1 aliphatic rings. The third kappa shape index (κ3) is 6.39. The molecule has 0 radical (unpaired) electrons. The molecule has 0 saturated carbocycles. The number of hydrogen-bond acceptors (Lipinski definition) is 4. The molecule has 2 N–H and O–H groups in total. The predicted molar refractivity (Wildman–Crippen MR) is 108 cm³/mol.